The van der Waals surface area contributed by atoms with Crippen molar-refractivity contribution < 1.29 is 9.90 Å². The van der Waals surface area contributed by atoms with Crippen LogP contribution in [0.1, 0.15) is 20.3 Å². The van der Waals surface area contributed by atoms with E-state index in [-0.39, 0.29) is 17.9 Å². The molecule has 0 radical (unpaired) electrons. The lowest BCUT2D eigenvalue weighted by molar-refractivity contribution is -0.142. The molecule has 0 spiro atoms. The summed E-state index contributed by atoms with van der Waals surface area (Å²) in [6, 6.07) is 1.85. The van der Waals surface area contributed by atoms with Crippen molar-refractivity contribution in [2.24, 2.45) is 11.8 Å². The Bertz CT molecular complexity index is 394. The summed E-state index contributed by atoms with van der Waals surface area (Å²) in [5.74, 6) is 0.0984. The van der Waals surface area contributed by atoms with Gasteiger partial charge in [-0.1, -0.05) is 13.8 Å². The lowest BCUT2D eigenvalue weighted by Gasteiger charge is -2.30. The monoisotopic (exact) mass is 235 g/mol. The van der Waals surface area contributed by atoms with Crippen molar-refractivity contribution in [3.05, 3.63) is 18.6 Å². The van der Waals surface area contributed by atoms with E-state index in [1.54, 1.807) is 6.20 Å². The largest absolute Gasteiger partial charge is 0.481 e. The average Bonchev–Trinajstić information content (AvgIpc) is 2.74. The van der Waals surface area contributed by atoms with Crippen molar-refractivity contribution in [1.29, 1.82) is 0 Å². The van der Waals surface area contributed by atoms with Crippen LogP contribution in [0.4, 0.5) is 5.82 Å². The molecule has 92 valence electrons. The molecule has 1 fully saturated rings. The molecule has 0 saturated carbocycles. The first kappa shape index (κ1) is 11.8. The highest BCUT2D eigenvalue weighted by molar-refractivity contribution is 5.73. The SMILES string of the molecule is CC(C)[C@@H]1[C@@H](C(=O)O)CCN1c1ccncn1. The molecule has 1 saturated heterocycles. The van der Waals surface area contributed by atoms with Gasteiger partial charge in [-0.15, -0.1) is 0 Å². The Morgan fingerprint density at radius 1 is 1.59 bits per heavy atom. The predicted molar refractivity (Wildman–Crippen MR) is 63.7 cm³/mol. The smallest absolute Gasteiger partial charge is 0.308 e. The Morgan fingerprint density at radius 2 is 2.35 bits per heavy atom. The number of aliphatic carboxylic acids is 1. The van der Waals surface area contributed by atoms with Crippen molar-refractivity contribution in [3.63, 3.8) is 0 Å². The Morgan fingerprint density at radius 3 is 2.88 bits per heavy atom. The molecule has 0 aliphatic carbocycles. The molecule has 2 rings (SSSR count). The van der Waals surface area contributed by atoms with Crippen molar-refractivity contribution in [2.75, 3.05) is 11.4 Å². The zero-order valence-electron chi connectivity index (χ0n) is 10.1. The predicted octanol–water partition coefficient (Wildman–Crippen LogP) is 1.41. The highest BCUT2D eigenvalue weighted by Gasteiger charge is 2.40. The van der Waals surface area contributed by atoms with E-state index in [1.807, 2.05) is 6.07 Å². The minimum absolute atomic E-state index is 0.0161. The first-order chi connectivity index (χ1) is 8.11. The lowest BCUT2D eigenvalue weighted by atomic mass is 9.91. The van der Waals surface area contributed by atoms with Crippen molar-refractivity contribution in [3.8, 4) is 0 Å². The van der Waals surface area contributed by atoms with Gasteiger partial charge >= 0.3 is 5.97 Å². The second-order valence-electron chi connectivity index (χ2n) is 4.73. The summed E-state index contributed by atoms with van der Waals surface area (Å²) >= 11 is 0. The fraction of sp³-hybridized carbons (Fsp3) is 0.583. The third-order valence-corrected chi connectivity index (χ3v) is 3.31. The minimum Gasteiger partial charge on any atom is -0.481 e. The number of carboxylic acids is 1. The van der Waals surface area contributed by atoms with Crippen molar-refractivity contribution in [2.45, 2.75) is 26.3 Å². The Kier molecular flexibility index (Phi) is 3.26. The van der Waals surface area contributed by atoms with Crippen LogP contribution in [-0.4, -0.2) is 33.6 Å². The van der Waals surface area contributed by atoms with Crippen LogP contribution in [0, 0.1) is 11.8 Å². The Balaban J connectivity index is 2.27. The highest BCUT2D eigenvalue weighted by atomic mass is 16.4. The van der Waals surface area contributed by atoms with Crippen LogP contribution >= 0.6 is 0 Å². The van der Waals surface area contributed by atoms with Gasteiger partial charge in [0, 0.05) is 18.8 Å². The fourth-order valence-electron chi connectivity index (χ4n) is 2.63. The summed E-state index contributed by atoms with van der Waals surface area (Å²) in [4.78, 5) is 21.4. The molecule has 1 aromatic rings. The number of hydrogen-bond acceptors (Lipinski definition) is 4. The Hall–Kier alpha value is -1.65. The van der Waals surface area contributed by atoms with Gasteiger partial charge in [-0.3, -0.25) is 4.79 Å². The number of rotatable bonds is 3. The quantitative estimate of drug-likeness (QED) is 0.858. The number of anilines is 1. The van der Waals surface area contributed by atoms with Crippen LogP contribution < -0.4 is 4.90 Å². The maximum absolute atomic E-state index is 11.2. The lowest BCUT2D eigenvalue weighted by Crippen LogP contribution is -2.40. The van der Waals surface area contributed by atoms with E-state index < -0.39 is 5.97 Å². The fourth-order valence-corrected chi connectivity index (χ4v) is 2.63. The van der Waals surface area contributed by atoms with E-state index in [1.165, 1.54) is 6.33 Å². The third-order valence-electron chi connectivity index (χ3n) is 3.31. The molecule has 0 aromatic carbocycles. The van der Waals surface area contributed by atoms with E-state index in [0.717, 1.165) is 12.4 Å². The summed E-state index contributed by atoms with van der Waals surface area (Å²) in [6.45, 7) is 4.86. The van der Waals surface area contributed by atoms with Gasteiger partial charge in [0.15, 0.2) is 0 Å². The van der Waals surface area contributed by atoms with Gasteiger partial charge in [0.05, 0.1) is 5.92 Å². The van der Waals surface area contributed by atoms with E-state index in [0.29, 0.717) is 6.42 Å². The maximum atomic E-state index is 11.2. The van der Waals surface area contributed by atoms with Crippen LogP contribution in [0.25, 0.3) is 0 Å². The molecular formula is C12H17N3O2. The molecule has 0 bridgehead atoms. The zero-order valence-corrected chi connectivity index (χ0v) is 10.1. The molecule has 2 atom stereocenters. The van der Waals surface area contributed by atoms with E-state index in [9.17, 15) is 9.90 Å². The van der Waals surface area contributed by atoms with Gasteiger partial charge in [0.25, 0.3) is 0 Å². The molecule has 2 heterocycles. The molecule has 0 amide bonds. The second kappa shape index (κ2) is 4.69. The van der Waals surface area contributed by atoms with E-state index in [4.69, 9.17) is 0 Å². The molecule has 17 heavy (non-hydrogen) atoms. The molecule has 1 aliphatic rings. The molecule has 1 N–H and O–H groups in total. The summed E-state index contributed by atoms with van der Waals surface area (Å²) in [5, 5.41) is 9.24. The molecule has 5 heteroatoms. The minimum atomic E-state index is -0.708. The summed E-state index contributed by atoms with van der Waals surface area (Å²) in [6.07, 6.45) is 3.87. The van der Waals surface area contributed by atoms with Crippen LogP contribution in [0.3, 0.4) is 0 Å². The van der Waals surface area contributed by atoms with Gasteiger partial charge in [-0.2, -0.15) is 0 Å². The number of hydrogen-bond donors (Lipinski definition) is 1. The van der Waals surface area contributed by atoms with Gasteiger partial charge in [-0.25, -0.2) is 9.97 Å². The first-order valence-corrected chi connectivity index (χ1v) is 5.86. The van der Waals surface area contributed by atoms with Crippen molar-refractivity contribution >= 4 is 11.8 Å². The van der Waals surface area contributed by atoms with E-state index >= 15 is 0 Å². The van der Waals surface area contributed by atoms with Crippen LogP contribution in [0.5, 0.6) is 0 Å². The molecule has 1 aromatic heterocycles. The van der Waals surface area contributed by atoms with Gasteiger partial charge in [-0.05, 0) is 18.4 Å². The van der Waals surface area contributed by atoms with Gasteiger partial charge < -0.3 is 10.0 Å². The topological polar surface area (TPSA) is 66.3 Å². The molecular weight excluding hydrogens is 218 g/mol. The standard InChI is InChI=1S/C12H17N3O2/c1-8(2)11-9(12(16)17)4-6-15(11)10-3-5-13-7-14-10/h3,5,7-9,11H,4,6H2,1-2H3,(H,16,17)/t9-,11+/m0/s1. The summed E-state index contributed by atoms with van der Waals surface area (Å²) in [5.41, 5.74) is 0. The van der Waals surface area contributed by atoms with Gasteiger partial charge in [0.2, 0.25) is 0 Å². The normalized spacial score (nSPS) is 24.3. The third kappa shape index (κ3) is 2.23. The van der Waals surface area contributed by atoms with Crippen LogP contribution in [0.15, 0.2) is 18.6 Å². The first-order valence-electron chi connectivity index (χ1n) is 5.86. The second-order valence-corrected chi connectivity index (χ2v) is 4.73. The van der Waals surface area contributed by atoms with Crippen molar-refractivity contribution in [1.82, 2.24) is 9.97 Å². The van der Waals surface area contributed by atoms with E-state index in [2.05, 4.69) is 28.7 Å². The molecule has 1 aliphatic heterocycles. The number of carboxylic acid groups (broad SMARTS) is 1. The van der Waals surface area contributed by atoms with Crippen LogP contribution in [-0.2, 0) is 4.79 Å². The Labute approximate surface area is 100 Å². The maximum Gasteiger partial charge on any atom is 0.308 e. The highest BCUT2D eigenvalue weighted by Crippen LogP contribution is 2.32. The number of nitrogens with zero attached hydrogens (tertiary/aromatic N) is 3. The number of carbonyl (C=O) groups is 1. The van der Waals surface area contributed by atoms with Gasteiger partial charge in [0.1, 0.15) is 12.1 Å². The number of aromatic nitrogens is 2. The molecule has 5 nitrogen and oxygen atoms in total. The average molecular weight is 235 g/mol. The summed E-state index contributed by atoms with van der Waals surface area (Å²) in [7, 11) is 0. The zero-order chi connectivity index (χ0) is 12.4. The molecule has 0 unspecified atom stereocenters. The van der Waals surface area contributed by atoms with Crippen LogP contribution in [0.2, 0.25) is 0 Å². The summed E-state index contributed by atoms with van der Waals surface area (Å²) < 4.78 is 0.